The Morgan fingerprint density at radius 3 is 2.85 bits per heavy atom. The first-order valence-corrected chi connectivity index (χ1v) is 9.08. The SMILES string of the molecule is CCCC1CCN(c2nc(CC)c(CNC3CC3)s2)C1. The van der Waals surface area contributed by atoms with Gasteiger partial charge in [-0.3, -0.25) is 0 Å². The predicted octanol–water partition coefficient (Wildman–Crippen LogP) is 3.58. The van der Waals surface area contributed by atoms with E-state index < -0.39 is 0 Å². The number of nitrogens with zero attached hydrogens (tertiary/aromatic N) is 2. The molecule has 1 aromatic rings. The van der Waals surface area contributed by atoms with Crippen LogP contribution in [0, 0.1) is 5.92 Å². The first-order valence-electron chi connectivity index (χ1n) is 8.27. The van der Waals surface area contributed by atoms with Crippen LogP contribution in [-0.2, 0) is 13.0 Å². The standard InChI is InChI=1S/C16H27N3S/c1-3-5-12-8-9-19(11-12)16-18-14(4-2)15(20-16)10-17-13-6-7-13/h12-13,17H,3-11H2,1-2H3. The Morgan fingerprint density at radius 2 is 2.15 bits per heavy atom. The molecular formula is C16H27N3S. The first-order chi connectivity index (χ1) is 9.80. The third-order valence-corrected chi connectivity index (χ3v) is 5.64. The number of thiazole rings is 1. The van der Waals surface area contributed by atoms with Crippen LogP contribution in [0.15, 0.2) is 0 Å². The van der Waals surface area contributed by atoms with E-state index in [0.29, 0.717) is 0 Å². The molecule has 0 radical (unpaired) electrons. The predicted molar refractivity (Wildman–Crippen MR) is 86.6 cm³/mol. The van der Waals surface area contributed by atoms with Crippen LogP contribution >= 0.6 is 11.3 Å². The van der Waals surface area contributed by atoms with Gasteiger partial charge in [0.1, 0.15) is 0 Å². The maximum Gasteiger partial charge on any atom is 0.185 e. The summed E-state index contributed by atoms with van der Waals surface area (Å²) in [6.07, 6.45) is 7.82. The van der Waals surface area contributed by atoms with Gasteiger partial charge in [-0.2, -0.15) is 0 Å². The fraction of sp³-hybridized carbons (Fsp3) is 0.812. The quantitative estimate of drug-likeness (QED) is 0.833. The third kappa shape index (κ3) is 3.34. The zero-order chi connectivity index (χ0) is 13.9. The molecule has 112 valence electrons. The highest BCUT2D eigenvalue weighted by molar-refractivity contribution is 7.15. The average molecular weight is 293 g/mol. The summed E-state index contributed by atoms with van der Waals surface area (Å²) in [5.41, 5.74) is 1.32. The van der Waals surface area contributed by atoms with Gasteiger partial charge in [-0.15, -0.1) is 11.3 Å². The third-order valence-electron chi connectivity index (χ3n) is 4.48. The van der Waals surface area contributed by atoms with Gasteiger partial charge in [-0.05, 0) is 38.0 Å². The molecule has 3 nitrogen and oxygen atoms in total. The van der Waals surface area contributed by atoms with Crippen LogP contribution in [0.5, 0.6) is 0 Å². The average Bonchev–Trinajstić information content (AvgIpc) is 3.00. The Morgan fingerprint density at radius 1 is 1.30 bits per heavy atom. The lowest BCUT2D eigenvalue weighted by molar-refractivity contribution is 0.530. The van der Waals surface area contributed by atoms with Crippen LogP contribution in [0.3, 0.4) is 0 Å². The molecule has 4 heteroatoms. The highest BCUT2D eigenvalue weighted by atomic mass is 32.1. The number of hydrogen-bond acceptors (Lipinski definition) is 4. The van der Waals surface area contributed by atoms with Crippen molar-refractivity contribution in [2.24, 2.45) is 5.92 Å². The molecule has 1 aromatic heterocycles. The summed E-state index contributed by atoms with van der Waals surface area (Å²) in [5.74, 6) is 0.891. The number of aromatic nitrogens is 1. The number of rotatable bonds is 7. The minimum Gasteiger partial charge on any atom is -0.348 e. The van der Waals surface area contributed by atoms with Gasteiger partial charge in [-0.1, -0.05) is 20.3 Å². The molecule has 1 N–H and O–H groups in total. The Balaban J connectivity index is 1.63. The van der Waals surface area contributed by atoms with Crippen LogP contribution < -0.4 is 10.2 Å². The smallest absolute Gasteiger partial charge is 0.185 e. The van der Waals surface area contributed by atoms with Gasteiger partial charge in [0, 0.05) is 30.6 Å². The van der Waals surface area contributed by atoms with Gasteiger partial charge < -0.3 is 10.2 Å². The summed E-state index contributed by atoms with van der Waals surface area (Å²) < 4.78 is 0. The molecule has 0 bridgehead atoms. The molecule has 1 unspecified atom stereocenters. The van der Waals surface area contributed by atoms with Crippen LogP contribution in [0.2, 0.25) is 0 Å². The van der Waals surface area contributed by atoms with Crippen LogP contribution in [-0.4, -0.2) is 24.1 Å². The number of anilines is 1. The maximum atomic E-state index is 4.91. The van der Waals surface area contributed by atoms with Crippen molar-refractivity contribution in [2.45, 2.75) is 65.0 Å². The minimum atomic E-state index is 0.783. The van der Waals surface area contributed by atoms with Gasteiger partial charge in [-0.25, -0.2) is 4.98 Å². The van der Waals surface area contributed by atoms with E-state index in [-0.39, 0.29) is 0 Å². The van der Waals surface area contributed by atoms with E-state index in [2.05, 4.69) is 24.1 Å². The second-order valence-corrected chi connectivity index (χ2v) is 7.33. The second-order valence-electron chi connectivity index (χ2n) is 6.26. The summed E-state index contributed by atoms with van der Waals surface area (Å²) in [6.45, 7) is 7.97. The van der Waals surface area contributed by atoms with Gasteiger partial charge in [0.2, 0.25) is 0 Å². The molecule has 3 rings (SSSR count). The van der Waals surface area contributed by atoms with Crippen LogP contribution in [0.1, 0.15) is 56.5 Å². The molecule has 0 spiro atoms. The van der Waals surface area contributed by atoms with E-state index >= 15 is 0 Å². The van der Waals surface area contributed by atoms with E-state index in [0.717, 1.165) is 24.9 Å². The monoisotopic (exact) mass is 293 g/mol. The molecule has 2 aliphatic rings. The Bertz CT molecular complexity index is 439. The summed E-state index contributed by atoms with van der Waals surface area (Å²) in [4.78, 5) is 8.89. The largest absolute Gasteiger partial charge is 0.348 e. The fourth-order valence-electron chi connectivity index (χ4n) is 3.09. The lowest BCUT2D eigenvalue weighted by atomic mass is 10.0. The van der Waals surface area contributed by atoms with Crippen molar-refractivity contribution in [1.29, 1.82) is 0 Å². The Labute approximate surface area is 126 Å². The molecule has 1 atom stereocenters. The molecule has 1 aliphatic carbocycles. The maximum absolute atomic E-state index is 4.91. The van der Waals surface area contributed by atoms with E-state index in [4.69, 9.17) is 4.98 Å². The van der Waals surface area contributed by atoms with E-state index in [1.54, 1.807) is 0 Å². The molecule has 0 amide bonds. The lowest BCUT2D eigenvalue weighted by Crippen LogP contribution is -2.19. The summed E-state index contributed by atoms with van der Waals surface area (Å²) in [6, 6.07) is 0.783. The van der Waals surface area contributed by atoms with E-state index in [1.165, 1.54) is 60.9 Å². The number of aryl methyl sites for hydroxylation is 1. The molecule has 2 heterocycles. The number of nitrogens with one attached hydrogen (secondary N) is 1. The van der Waals surface area contributed by atoms with E-state index in [9.17, 15) is 0 Å². The summed E-state index contributed by atoms with van der Waals surface area (Å²) in [5, 5.41) is 4.90. The molecule has 1 aliphatic heterocycles. The zero-order valence-corrected chi connectivity index (χ0v) is 13.6. The Hall–Kier alpha value is -0.610. The van der Waals surface area contributed by atoms with Gasteiger partial charge in [0.25, 0.3) is 0 Å². The van der Waals surface area contributed by atoms with Crippen molar-refractivity contribution < 1.29 is 0 Å². The second kappa shape index (κ2) is 6.44. The van der Waals surface area contributed by atoms with Crippen molar-refractivity contribution in [3.63, 3.8) is 0 Å². The van der Waals surface area contributed by atoms with Crippen LogP contribution in [0.25, 0.3) is 0 Å². The zero-order valence-electron chi connectivity index (χ0n) is 12.8. The molecule has 2 fully saturated rings. The summed E-state index contributed by atoms with van der Waals surface area (Å²) >= 11 is 1.92. The van der Waals surface area contributed by atoms with Crippen molar-refractivity contribution in [2.75, 3.05) is 18.0 Å². The van der Waals surface area contributed by atoms with Crippen molar-refractivity contribution in [1.82, 2.24) is 10.3 Å². The topological polar surface area (TPSA) is 28.2 Å². The number of hydrogen-bond donors (Lipinski definition) is 1. The summed E-state index contributed by atoms with van der Waals surface area (Å²) in [7, 11) is 0. The molecule has 20 heavy (non-hydrogen) atoms. The van der Waals surface area contributed by atoms with Crippen molar-refractivity contribution in [3.8, 4) is 0 Å². The highest BCUT2D eigenvalue weighted by Gasteiger charge is 2.26. The molecule has 1 saturated heterocycles. The minimum absolute atomic E-state index is 0.783. The first kappa shape index (κ1) is 14.3. The van der Waals surface area contributed by atoms with Crippen molar-refractivity contribution >= 4 is 16.5 Å². The van der Waals surface area contributed by atoms with Gasteiger partial charge >= 0.3 is 0 Å². The van der Waals surface area contributed by atoms with E-state index in [1.807, 2.05) is 11.3 Å². The fourth-order valence-corrected chi connectivity index (χ4v) is 4.23. The van der Waals surface area contributed by atoms with Gasteiger partial charge in [0.05, 0.1) is 5.69 Å². The van der Waals surface area contributed by atoms with Gasteiger partial charge in [0.15, 0.2) is 5.13 Å². The molecular weight excluding hydrogens is 266 g/mol. The molecule has 0 aromatic carbocycles. The van der Waals surface area contributed by atoms with Crippen molar-refractivity contribution in [3.05, 3.63) is 10.6 Å². The van der Waals surface area contributed by atoms with Crippen LogP contribution in [0.4, 0.5) is 5.13 Å². The Kier molecular flexibility index (Phi) is 4.61. The molecule has 1 saturated carbocycles. The highest BCUT2D eigenvalue weighted by Crippen LogP contribution is 2.32. The normalized spacial score (nSPS) is 22.7. The lowest BCUT2D eigenvalue weighted by Gasteiger charge is -2.14.